The van der Waals surface area contributed by atoms with Gasteiger partial charge in [-0.25, -0.2) is 23.4 Å². The molecule has 12 heteroatoms. The van der Waals surface area contributed by atoms with Gasteiger partial charge in [0.15, 0.2) is 0 Å². The van der Waals surface area contributed by atoms with Crippen LogP contribution in [0.15, 0.2) is 54.9 Å². The number of hydrogen-bond donors (Lipinski definition) is 1. The van der Waals surface area contributed by atoms with Crippen molar-refractivity contribution in [2.24, 2.45) is 0 Å². The molecule has 0 saturated carbocycles. The maximum Gasteiger partial charge on any atom is 0.227 e. The molecule has 1 fully saturated rings. The zero-order chi connectivity index (χ0) is 28.8. The van der Waals surface area contributed by atoms with Gasteiger partial charge in [-0.1, -0.05) is 19.1 Å². The van der Waals surface area contributed by atoms with Crippen LogP contribution in [0.25, 0.3) is 21.8 Å². The molecule has 1 saturated heterocycles. The number of pyridine rings is 1. The maximum absolute atomic E-state index is 11.7. The van der Waals surface area contributed by atoms with Crippen molar-refractivity contribution < 1.29 is 13.2 Å². The van der Waals surface area contributed by atoms with E-state index in [1.807, 2.05) is 42.5 Å². The minimum absolute atomic E-state index is 0.489. The second-order valence-corrected chi connectivity index (χ2v) is 13.0. The molecule has 0 bridgehead atoms. The number of piperazine rings is 1. The quantitative estimate of drug-likeness (QED) is 0.269. The average molecular weight is 594 g/mol. The molecule has 4 aromatic rings. The van der Waals surface area contributed by atoms with Crippen LogP contribution in [0.4, 0.5) is 11.6 Å². The second-order valence-electron chi connectivity index (χ2n) is 9.95. The molecule has 216 valence electrons. The molecule has 1 aromatic carbocycles. The van der Waals surface area contributed by atoms with Crippen molar-refractivity contribution in [1.82, 2.24) is 29.1 Å². The number of benzene rings is 1. The number of hydrogen-bond acceptors (Lipinski definition) is 10. The van der Waals surface area contributed by atoms with Gasteiger partial charge in [0.2, 0.25) is 16.0 Å². The largest absolute Gasteiger partial charge is 0.497 e. The molecule has 10 nitrogen and oxygen atoms in total. The van der Waals surface area contributed by atoms with E-state index in [2.05, 4.69) is 27.1 Å². The van der Waals surface area contributed by atoms with E-state index in [0.29, 0.717) is 19.0 Å². The van der Waals surface area contributed by atoms with E-state index in [0.717, 1.165) is 82.9 Å². The molecule has 0 radical (unpaired) electrons. The topological polar surface area (TPSA) is 113 Å². The summed E-state index contributed by atoms with van der Waals surface area (Å²) in [5.41, 5.74) is 4.47. The summed E-state index contributed by atoms with van der Waals surface area (Å²) in [6, 6.07) is 13.8. The molecular formula is C29H35N7O3S2. The highest BCUT2D eigenvalue weighted by molar-refractivity contribution is 7.88. The van der Waals surface area contributed by atoms with Crippen molar-refractivity contribution in [3.05, 3.63) is 65.6 Å². The lowest BCUT2D eigenvalue weighted by Gasteiger charge is -2.33. The van der Waals surface area contributed by atoms with Crippen molar-refractivity contribution in [3.63, 3.8) is 0 Å². The minimum atomic E-state index is -3.11. The van der Waals surface area contributed by atoms with Gasteiger partial charge in [0.05, 0.1) is 46.5 Å². The Bertz CT molecular complexity index is 1570. The second kappa shape index (κ2) is 13.0. The summed E-state index contributed by atoms with van der Waals surface area (Å²) in [4.78, 5) is 22.1. The molecule has 0 unspecified atom stereocenters. The predicted octanol–water partition coefficient (Wildman–Crippen LogP) is 4.49. The molecule has 41 heavy (non-hydrogen) atoms. The van der Waals surface area contributed by atoms with Gasteiger partial charge < -0.3 is 15.0 Å². The van der Waals surface area contributed by atoms with Crippen LogP contribution in [-0.2, 0) is 22.9 Å². The highest BCUT2D eigenvalue weighted by Gasteiger charge is 2.23. The molecule has 1 aliphatic heterocycles. The monoisotopic (exact) mass is 593 g/mol. The van der Waals surface area contributed by atoms with Gasteiger partial charge in [-0.3, -0.25) is 4.98 Å². The fourth-order valence-electron chi connectivity index (χ4n) is 4.70. The summed E-state index contributed by atoms with van der Waals surface area (Å²) in [5, 5.41) is 4.36. The highest BCUT2D eigenvalue weighted by Crippen LogP contribution is 2.37. The van der Waals surface area contributed by atoms with E-state index in [1.54, 1.807) is 30.8 Å². The lowest BCUT2D eigenvalue weighted by Crippen LogP contribution is -2.48. The zero-order valence-electron chi connectivity index (χ0n) is 23.6. The number of nitrogens with zero attached hydrogens (tertiary/aromatic N) is 6. The lowest BCUT2D eigenvalue weighted by molar-refractivity contribution is 0.190. The summed E-state index contributed by atoms with van der Waals surface area (Å²) in [6.07, 6.45) is 7.54. The summed E-state index contributed by atoms with van der Waals surface area (Å²) in [6.45, 7) is 5.54. The van der Waals surface area contributed by atoms with Gasteiger partial charge in [-0.05, 0) is 43.2 Å². The Labute approximate surface area is 245 Å². The van der Waals surface area contributed by atoms with Crippen molar-refractivity contribution in [2.75, 3.05) is 51.4 Å². The lowest BCUT2D eigenvalue weighted by atomic mass is 10.1. The first kappa shape index (κ1) is 29.1. The Morgan fingerprint density at radius 3 is 2.56 bits per heavy atom. The molecule has 4 heterocycles. The van der Waals surface area contributed by atoms with Gasteiger partial charge in [0.1, 0.15) is 5.75 Å². The Morgan fingerprint density at radius 2 is 1.85 bits per heavy atom. The summed E-state index contributed by atoms with van der Waals surface area (Å²) in [5.74, 6) is 1.27. The number of thiazole rings is 1. The number of ether oxygens (including phenoxy) is 1. The first-order valence-corrected chi connectivity index (χ1v) is 16.4. The maximum atomic E-state index is 11.7. The Morgan fingerprint density at radius 1 is 1.02 bits per heavy atom. The summed E-state index contributed by atoms with van der Waals surface area (Å²) in [7, 11) is -1.45. The van der Waals surface area contributed by atoms with Crippen LogP contribution in [0.1, 0.15) is 24.0 Å². The Balaban J connectivity index is 1.25. The number of methoxy groups -OCH3 is 1. The molecule has 0 amide bonds. The normalized spacial score (nSPS) is 14.7. The summed E-state index contributed by atoms with van der Waals surface area (Å²) < 4.78 is 30.4. The first-order valence-electron chi connectivity index (χ1n) is 13.7. The standard InChI is InChI=1S/C29H35N7O3S2/c1-4-6-26-34-27(21-7-5-8-24(19-21)39-2)28(40-26)25-11-13-30-29(33-25)32-23-10-9-22(31-20-23)12-14-35-15-17-36(18-16-35)41(3,37)38/h5,7-11,13,19-20H,4,6,12,14-18H2,1-3H3,(H,30,32,33). The summed E-state index contributed by atoms with van der Waals surface area (Å²) >= 11 is 1.66. The number of aryl methyl sites for hydroxylation is 1. The van der Waals surface area contributed by atoms with Crippen molar-refractivity contribution >= 4 is 33.0 Å². The van der Waals surface area contributed by atoms with Gasteiger partial charge in [-0.15, -0.1) is 11.3 Å². The van der Waals surface area contributed by atoms with Crippen LogP contribution in [0, 0.1) is 0 Å². The first-order chi connectivity index (χ1) is 19.8. The molecule has 1 N–H and O–H groups in total. The zero-order valence-corrected chi connectivity index (χ0v) is 25.2. The van der Waals surface area contributed by atoms with Crippen LogP contribution in [-0.4, -0.2) is 83.6 Å². The van der Waals surface area contributed by atoms with Crippen molar-refractivity contribution in [1.29, 1.82) is 0 Å². The average Bonchev–Trinajstić information content (AvgIpc) is 3.41. The Kier molecular flexibility index (Phi) is 9.23. The number of nitrogens with one attached hydrogen (secondary N) is 1. The molecule has 0 spiro atoms. The van der Waals surface area contributed by atoms with E-state index in [9.17, 15) is 8.42 Å². The molecule has 0 aliphatic carbocycles. The minimum Gasteiger partial charge on any atom is -0.497 e. The third-order valence-electron chi connectivity index (χ3n) is 6.93. The highest BCUT2D eigenvalue weighted by atomic mass is 32.2. The van der Waals surface area contributed by atoms with Crippen LogP contribution < -0.4 is 10.1 Å². The third-order valence-corrected chi connectivity index (χ3v) is 9.37. The van der Waals surface area contributed by atoms with E-state index < -0.39 is 10.0 Å². The van der Waals surface area contributed by atoms with E-state index in [1.165, 1.54) is 10.6 Å². The molecule has 5 rings (SSSR count). The fraction of sp³-hybridized carbons (Fsp3) is 0.379. The van der Waals surface area contributed by atoms with Crippen LogP contribution in [0.2, 0.25) is 0 Å². The number of rotatable bonds is 11. The van der Waals surface area contributed by atoms with Crippen LogP contribution in [0.5, 0.6) is 5.75 Å². The fourth-order valence-corrected chi connectivity index (χ4v) is 6.69. The van der Waals surface area contributed by atoms with E-state index in [-0.39, 0.29) is 0 Å². The van der Waals surface area contributed by atoms with Gasteiger partial charge in [-0.2, -0.15) is 4.31 Å². The predicted molar refractivity (Wildman–Crippen MR) is 163 cm³/mol. The number of aromatic nitrogens is 4. The van der Waals surface area contributed by atoms with Crippen molar-refractivity contribution in [3.8, 4) is 27.6 Å². The molecule has 1 aliphatic rings. The Hall–Kier alpha value is -3.45. The molecule has 0 atom stereocenters. The smallest absolute Gasteiger partial charge is 0.227 e. The third kappa shape index (κ3) is 7.45. The number of sulfonamides is 1. The molecular weight excluding hydrogens is 558 g/mol. The van der Waals surface area contributed by atoms with Crippen LogP contribution in [0.3, 0.4) is 0 Å². The van der Waals surface area contributed by atoms with E-state index in [4.69, 9.17) is 14.7 Å². The van der Waals surface area contributed by atoms with Gasteiger partial charge in [0.25, 0.3) is 0 Å². The van der Waals surface area contributed by atoms with E-state index >= 15 is 0 Å². The van der Waals surface area contributed by atoms with Crippen LogP contribution >= 0.6 is 11.3 Å². The SMILES string of the molecule is CCCc1nc(-c2cccc(OC)c2)c(-c2ccnc(Nc3ccc(CCN4CCN(S(C)(=O)=O)CC4)nc3)n2)s1. The van der Waals surface area contributed by atoms with Gasteiger partial charge >= 0.3 is 0 Å². The molecule has 3 aromatic heterocycles. The number of anilines is 2. The van der Waals surface area contributed by atoms with Crippen molar-refractivity contribution in [2.45, 2.75) is 26.2 Å². The van der Waals surface area contributed by atoms with Gasteiger partial charge in [0, 0.05) is 56.6 Å².